The molecule has 0 bridgehead atoms. The van der Waals surface area contributed by atoms with Gasteiger partial charge in [-0.25, -0.2) is 4.98 Å². The molecule has 0 fully saturated rings. The predicted molar refractivity (Wildman–Crippen MR) is 69.1 cm³/mol. The van der Waals surface area contributed by atoms with Gasteiger partial charge in [-0.3, -0.25) is 4.79 Å². The van der Waals surface area contributed by atoms with Gasteiger partial charge < -0.3 is 11.1 Å². The predicted octanol–water partition coefficient (Wildman–Crippen LogP) is 2.31. The second-order valence-corrected chi connectivity index (χ2v) is 4.73. The minimum Gasteiger partial charge on any atom is -0.399 e. The summed E-state index contributed by atoms with van der Waals surface area (Å²) >= 11 is 7.41. The molecule has 1 aromatic carbocycles. The lowest BCUT2D eigenvalue weighted by Crippen LogP contribution is -2.23. The van der Waals surface area contributed by atoms with Crippen molar-refractivity contribution in [3.05, 3.63) is 45.4 Å². The highest BCUT2D eigenvalue weighted by Gasteiger charge is 2.10. The number of rotatable bonds is 3. The van der Waals surface area contributed by atoms with E-state index in [1.165, 1.54) is 11.3 Å². The maximum absolute atomic E-state index is 11.8. The van der Waals surface area contributed by atoms with Crippen LogP contribution in [0, 0.1) is 0 Å². The number of nitrogens with two attached hydrogens (primary N) is 1. The Kier molecular flexibility index (Phi) is 3.61. The molecule has 3 N–H and O–H groups in total. The first-order valence-electron chi connectivity index (χ1n) is 4.88. The topological polar surface area (TPSA) is 68.0 Å². The maximum Gasteiger partial charge on any atom is 0.253 e. The number of amides is 1. The quantitative estimate of drug-likeness (QED) is 0.839. The fourth-order valence-corrected chi connectivity index (χ4v) is 2.07. The lowest BCUT2D eigenvalue weighted by Gasteiger charge is -2.06. The van der Waals surface area contributed by atoms with Crippen LogP contribution in [0.4, 0.5) is 5.69 Å². The van der Waals surface area contributed by atoms with Crippen LogP contribution in [0.15, 0.2) is 29.8 Å². The smallest absolute Gasteiger partial charge is 0.253 e. The number of nitrogens with one attached hydrogen (secondary N) is 1. The molecule has 17 heavy (non-hydrogen) atoms. The first-order chi connectivity index (χ1) is 8.16. The van der Waals surface area contributed by atoms with Crippen LogP contribution in [-0.2, 0) is 6.54 Å². The van der Waals surface area contributed by atoms with E-state index in [2.05, 4.69) is 10.3 Å². The summed E-state index contributed by atoms with van der Waals surface area (Å²) in [7, 11) is 0. The summed E-state index contributed by atoms with van der Waals surface area (Å²) < 4.78 is 0. The normalized spacial score (nSPS) is 10.2. The second-order valence-electron chi connectivity index (χ2n) is 3.35. The molecule has 0 unspecified atom stereocenters. The molecule has 1 amide bonds. The Bertz CT molecular complexity index is 528. The van der Waals surface area contributed by atoms with Crippen molar-refractivity contribution in [2.24, 2.45) is 0 Å². The molecule has 88 valence electrons. The van der Waals surface area contributed by atoms with Gasteiger partial charge >= 0.3 is 0 Å². The SMILES string of the molecule is Nc1ccc(Cl)c(C(=O)NCc2nccs2)c1. The van der Waals surface area contributed by atoms with E-state index in [1.54, 1.807) is 24.4 Å². The molecule has 4 nitrogen and oxygen atoms in total. The third-order valence-corrected chi connectivity index (χ3v) is 3.23. The molecule has 2 rings (SSSR count). The van der Waals surface area contributed by atoms with Crippen LogP contribution in [0.5, 0.6) is 0 Å². The maximum atomic E-state index is 11.8. The Hall–Kier alpha value is -1.59. The third kappa shape index (κ3) is 2.95. The number of nitrogens with zero attached hydrogens (tertiary/aromatic N) is 1. The summed E-state index contributed by atoms with van der Waals surface area (Å²) in [4.78, 5) is 15.9. The zero-order valence-electron chi connectivity index (χ0n) is 8.81. The van der Waals surface area contributed by atoms with E-state index in [9.17, 15) is 4.79 Å². The number of anilines is 1. The van der Waals surface area contributed by atoms with E-state index in [-0.39, 0.29) is 5.91 Å². The van der Waals surface area contributed by atoms with Gasteiger partial charge in [0.05, 0.1) is 17.1 Å². The molecule has 1 aromatic heterocycles. The van der Waals surface area contributed by atoms with E-state index < -0.39 is 0 Å². The van der Waals surface area contributed by atoms with Crippen LogP contribution < -0.4 is 11.1 Å². The molecule has 0 saturated heterocycles. The summed E-state index contributed by atoms with van der Waals surface area (Å²) in [5, 5.41) is 5.83. The van der Waals surface area contributed by atoms with Gasteiger partial charge in [0.25, 0.3) is 5.91 Å². The van der Waals surface area contributed by atoms with E-state index in [4.69, 9.17) is 17.3 Å². The number of thiazole rings is 1. The molecular weight excluding hydrogens is 258 g/mol. The molecular formula is C11H10ClN3OS. The summed E-state index contributed by atoms with van der Waals surface area (Å²) in [6.45, 7) is 0.391. The van der Waals surface area contributed by atoms with Gasteiger partial charge in [0.2, 0.25) is 0 Å². The molecule has 0 radical (unpaired) electrons. The van der Waals surface area contributed by atoms with Gasteiger partial charge in [-0.05, 0) is 18.2 Å². The monoisotopic (exact) mass is 267 g/mol. The molecule has 0 aliphatic heterocycles. The lowest BCUT2D eigenvalue weighted by molar-refractivity contribution is 0.0951. The van der Waals surface area contributed by atoms with Crippen LogP contribution in [0.3, 0.4) is 0 Å². The summed E-state index contributed by atoms with van der Waals surface area (Å²) in [5.41, 5.74) is 6.49. The highest BCUT2D eigenvalue weighted by molar-refractivity contribution is 7.09. The Balaban J connectivity index is 2.07. The number of halogens is 1. The molecule has 0 saturated carbocycles. The average molecular weight is 268 g/mol. The standard InChI is InChI=1S/C11H10ClN3OS/c12-9-2-1-7(13)5-8(9)11(16)15-6-10-14-3-4-17-10/h1-5H,6,13H2,(H,15,16). The zero-order chi connectivity index (χ0) is 12.3. The van der Waals surface area contributed by atoms with Gasteiger partial charge in [-0.2, -0.15) is 0 Å². The molecule has 6 heteroatoms. The third-order valence-electron chi connectivity index (χ3n) is 2.12. The van der Waals surface area contributed by atoms with Crippen LogP contribution in [0.2, 0.25) is 5.02 Å². The average Bonchev–Trinajstić information content (AvgIpc) is 2.82. The van der Waals surface area contributed by atoms with Crippen LogP contribution in [0.1, 0.15) is 15.4 Å². The fourth-order valence-electron chi connectivity index (χ4n) is 1.31. The number of carbonyl (C=O) groups excluding carboxylic acids is 1. The van der Waals surface area contributed by atoms with Crippen LogP contribution in [-0.4, -0.2) is 10.9 Å². The van der Waals surface area contributed by atoms with Crippen LogP contribution in [0.25, 0.3) is 0 Å². The van der Waals surface area contributed by atoms with Crippen molar-refractivity contribution in [1.29, 1.82) is 0 Å². The van der Waals surface area contributed by atoms with Gasteiger partial charge in [0.15, 0.2) is 0 Å². The number of hydrogen-bond donors (Lipinski definition) is 2. The molecule has 0 atom stereocenters. The van der Waals surface area contributed by atoms with E-state index in [0.29, 0.717) is 22.8 Å². The van der Waals surface area contributed by atoms with Gasteiger partial charge in [0.1, 0.15) is 5.01 Å². The van der Waals surface area contributed by atoms with Crippen molar-refractivity contribution in [3.63, 3.8) is 0 Å². The molecule has 2 aromatic rings. The molecule has 1 heterocycles. The van der Waals surface area contributed by atoms with Crippen molar-refractivity contribution in [1.82, 2.24) is 10.3 Å². The first-order valence-corrected chi connectivity index (χ1v) is 6.14. The largest absolute Gasteiger partial charge is 0.399 e. The van der Waals surface area contributed by atoms with Crippen molar-refractivity contribution in [2.75, 3.05) is 5.73 Å². The number of benzene rings is 1. The number of hydrogen-bond acceptors (Lipinski definition) is 4. The zero-order valence-corrected chi connectivity index (χ0v) is 10.4. The Labute approximate surface area is 107 Å². The molecule has 0 aliphatic carbocycles. The van der Waals surface area contributed by atoms with Gasteiger partial charge in [-0.1, -0.05) is 11.6 Å². The van der Waals surface area contributed by atoms with E-state index >= 15 is 0 Å². The van der Waals surface area contributed by atoms with Gasteiger partial charge in [-0.15, -0.1) is 11.3 Å². The van der Waals surface area contributed by atoms with Gasteiger partial charge in [0, 0.05) is 17.3 Å². The highest BCUT2D eigenvalue weighted by Crippen LogP contribution is 2.18. The number of aromatic nitrogens is 1. The van der Waals surface area contributed by atoms with Crippen molar-refractivity contribution in [2.45, 2.75) is 6.54 Å². The van der Waals surface area contributed by atoms with Crippen molar-refractivity contribution < 1.29 is 4.79 Å². The summed E-state index contributed by atoms with van der Waals surface area (Å²) in [6.07, 6.45) is 1.69. The van der Waals surface area contributed by atoms with E-state index in [0.717, 1.165) is 5.01 Å². The highest BCUT2D eigenvalue weighted by atomic mass is 35.5. The minimum absolute atomic E-state index is 0.252. The lowest BCUT2D eigenvalue weighted by atomic mass is 10.2. The number of nitrogen functional groups attached to an aromatic ring is 1. The molecule has 0 aliphatic rings. The Morgan fingerprint density at radius 1 is 1.53 bits per heavy atom. The first kappa shape index (κ1) is 11.9. The molecule has 0 spiro atoms. The Morgan fingerprint density at radius 3 is 3.06 bits per heavy atom. The minimum atomic E-state index is -0.252. The summed E-state index contributed by atoms with van der Waals surface area (Å²) in [5.74, 6) is -0.252. The second kappa shape index (κ2) is 5.16. The van der Waals surface area contributed by atoms with Crippen molar-refractivity contribution in [3.8, 4) is 0 Å². The van der Waals surface area contributed by atoms with Crippen LogP contribution >= 0.6 is 22.9 Å². The Morgan fingerprint density at radius 2 is 2.35 bits per heavy atom. The summed E-state index contributed by atoms with van der Waals surface area (Å²) in [6, 6.07) is 4.81. The number of carbonyl (C=O) groups is 1. The fraction of sp³-hybridized carbons (Fsp3) is 0.0909. The van der Waals surface area contributed by atoms with Crippen molar-refractivity contribution >= 4 is 34.5 Å². The van der Waals surface area contributed by atoms with E-state index in [1.807, 2.05) is 5.38 Å².